The number of aliphatic hydroxyl groups is 1. The highest BCUT2D eigenvalue weighted by Gasteiger charge is 2.52. The SMILES string of the molecule is CN1CCN(c2ccc(C=C(CO)B3OC(C)(C)C(C)(C)O3)cc2)CC1. The Kier molecular flexibility index (Phi) is 5.49. The Balaban J connectivity index is 1.72. The lowest BCUT2D eigenvalue weighted by atomic mass is 9.77. The van der Waals surface area contributed by atoms with E-state index < -0.39 is 18.3 Å². The van der Waals surface area contributed by atoms with Gasteiger partial charge in [-0.3, -0.25) is 0 Å². The lowest BCUT2D eigenvalue weighted by Crippen LogP contribution is -2.44. The first kappa shape index (κ1) is 19.4. The van der Waals surface area contributed by atoms with E-state index in [1.807, 2.05) is 33.8 Å². The summed E-state index contributed by atoms with van der Waals surface area (Å²) in [5.74, 6) is 0. The maximum atomic E-state index is 9.83. The summed E-state index contributed by atoms with van der Waals surface area (Å²) in [4.78, 5) is 4.76. The highest BCUT2D eigenvalue weighted by Crippen LogP contribution is 2.38. The van der Waals surface area contributed by atoms with E-state index in [1.165, 1.54) is 5.69 Å². The van der Waals surface area contributed by atoms with E-state index in [0.717, 1.165) is 37.2 Å². The summed E-state index contributed by atoms with van der Waals surface area (Å²) in [6.07, 6.45) is 1.97. The van der Waals surface area contributed by atoms with Crippen LogP contribution in [0, 0.1) is 0 Å². The Morgan fingerprint density at radius 2 is 1.58 bits per heavy atom. The van der Waals surface area contributed by atoms with Crippen LogP contribution in [0.25, 0.3) is 6.08 Å². The van der Waals surface area contributed by atoms with Crippen LogP contribution in [0.15, 0.2) is 29.7 Å². The van der Waals surface area contributed by atoms with Gasteiger partial charge in [-0.15, -0.1) is 0 Å². The fourth-order valence-electron chi connectivity index (χ4n) is 3.24. The van der Waals surface area contributed by atoms with Crippen LogP contribution in [-0.4, -0.2) is 68.2 Å². The summed E-state index contributed by atoms with van der Waals surface area (Å²) in [7, 11) is 1.65. The second kappa shape index (κ2) is 7.35. The second-order valence-electron chi connectivity index (χ2n) is 8.35. The van der Waals surface area contributed by atoms with E-state index in [4.69, 9.17) is 9.31 Å². The lowest BCUT2D eigenvalue weighted by molar-refractivity contribution is 0.00578. The topological polar surface area (TPSA) is 45.2 Å². The number of aliphatic hydroxyl groups excluding tert-OH is 1. The van der Waals surface area contributed by atoms with Gasteiger partial charge in [0, 0.05) is 31.9 Å². The zero-order valence-corrected chi connectivity index (χ0v) is 16.7. The smallest absolute Gasteiger partial charge is 0.400 e. The van der Waals surface area contributed by atoms with Crippen molar-refractivity contribution >= 4 is 18.9 Å². The molecule has 0 radical (unpaired) electrons. The van der Waals surface area contributed by atoms with E-state index >= 15 is 0 Å². The number of nitrogens with zero attached hydrogens (tertiary/aromatic N) is 2. The third kappa shape index (κ3) is 3.99. The van der Waals surface area contributed by atoms with Crippen LogP contribution >= 0.6 is 0 Å². The van der Waals surface area contributed by atoms with Gasteiger partial charge in [-0.2, -0.15) is 0 Å². The minimum absolute atomic E-state index is 0.0863. The van der Waals surface area contributed by atoms with Gasteiger partial charge >= 0.3 is 7.12 Å². The zero-order chi connectivity index (χ0) is 18.9. The molecule has 1 aromatic rings. The average Bonchev–Trinajstić information content (AvgIpc) is 2.81. The molecule has 3 rings (SSSR count). The zero-order valence-electron chi connectivity index (χ0n) is 16.7. The molecule has 2 aliphatic heterocycles. The van der Waals surface area contributed by atoms with Gasteiger partial charge in [-0.05, 0) is 57.9 Å². The molecule has 2 fully saturated rings. The van der Waals surface area contributed by atoms with E-state index in [9.17, 15) is 5.11 Å². The molecule has 0 bridgehead atoms. The van der Waals surface area contributed by atoms with E-state index in [1.54, 1.807) is 0 Å². The molecule has 5 nitrogen and oxygen atoms in total. The highest BCUT2D eigenvalue weighted by atomic mass is 16.7. The standard InChI is InChI=1S/C20H31BN2O3/c1-19(2)20(3,4)26-21(25-19)17(15-24)14-16-6-8-18(9-7-16)23-12-10-22(5)11-13-23/h6-9,14,24H,10-13,15H2,1-5H3. The average molecular weight is 358 g/mol. The van der Waals surface area contributed by atoms with Crippen molar-refractivity contribution < 1.29 is 14.4 Å². The van der Waals surface area contributed by atoms with Crippen molar-refractivity contribution in [3.05, 3.63) is 35.3 Å². The van der Waals surface area contributed by atoms with Crippen LogP contribution in [0.1, 0.15) is 33.3 Å². The third-order valence-corrected chi connectivity index (χ3v) is 5.85. The molecule has 2 heterocycles. The van der Waals surface area contributed by atoms with Crippen LogP contribution < -0.4 is 4.90 Å². The van der Waals surface area contributed by atoms with E-state index in [-0.39, 0.29) is 6.61 Å². The molecule has 0 saturated carbocycles. The monoisotopic (exact) mass is 358 g/mol. The number of hydrogen-bond donors (Lipinski definition) is 1. The number of hydrogen-bond acceptors (Lipinski definition) is 5. The molecule has 1 aromatic carbocycles. The first-order valence-corrected chi connectivity index (χ1v) is 9.42. The predicted molar refractivity (Wildman–Crippen MR) is 107 cm³/mol. The van der Waals surface area contributed by atoms with E-state index in [2.05, 4.69) is 41.1 Å². The molecule has 0 atom stereocenters. The predicted octanol–water partition coefficient (Wildman–Crippen LogP) is 2.45. The molecule has 0 spiro atoms. The number of piperazine rings is 1. The minimum Gasteiger partial charge on any atom is -0.400 e. The van der Waals surface area contributed by atoms with Crippen molar-refractivity contribution in [2.45, 2.75) is 38.9 Å². The molecule has 0 aliphatic carbocycles. The van der Waals surface area contributed by atoms with Crippen LogP contribution in [0.2, 0.25) is 0 Å². The van der Waals surface area contributed by atoms with Crippen LogP contribution in [0.4, 0.5) is 5.69 Å². The molecule has 0 amide bonds. The van der Waals surface area contributed by atoms with Crippen molar-refractivity contribution in [1.29, 1.82) is 0 Å². The Morgan fingerprint density at radius 1 is 1.04 bits per heavy atom. The lowest BCUT2D eigenvalue weighted by Gasteiger charge is -2.34. The quantitative estimate of drug-likeness (QED) is 0.838. The molecule has 26 heavy (non-hydrogen) atoms. The number of benzene rings is 1. The van der Waals surface area contributed by atoms with Crippen LogP contribution in [0.3, 0.4) is 0 Å². The van der Waals surface area contributed by atoms with Gasteiger partial charge in [0.25, 0.3) is 0 Å². The molecule has 0 unspecified atom stereocenters. The van der Waals surface area contributed by atoms with Gasteiger partial charge in [-0.25, -0.2) is 0 Å². The first-order chi connectivity index (χ1) is 12.2. The van der Waals surface area contributed by atoms with Gasteiger partial charge in [0.15, 0.2) is 0 Å². The van der Waals surface area contributed by atoms with Crippen molar-refractivity contribution in [3.8, 4) is 0 Å². The molecule has 142 valence electrons. The van der Waals surface area contributed by atoms with Gasteiger partial charge < -0.3 is 24.2 Å². The fraction of sp³-hybridized carbons (Fsp3) is 0.600. The largest absolute Gasteiger partial charge is 0.492 e. The maximum Gasteiger partial charge on any atom is 0.492 e. The molecular weight excluding hydrogens is 327 g/mol. The Labute approximate surface area is 157 Å². The van der Waals surface area contributed by atoms with Crippen LogP contribution in [-0.2, 0) is 9.31 Å². The van der Waals surface area contributed by atoms with Gasteiger partial charge in [0.2, 0.25) is 0 Å². The summed E-state index contributed by atoms with van der Waals surface area (Å²) in [6.45, 7) is 12.3. The summed E-state index contributed by atoms with van der Waals surface area (Å²) in [5, 5.41) is 9.83. The summed E-state index contributed by atoms with van der Waals surface area (Å²) >= 11 is 0. The molecule has 0 aromatic heterocycles. The Hall–Kier alpha value is -1.34. The second-order valence-corrected chi connectivity index (χ2v) is 8.35. The molecule has 2 aliphatic rings. The number of rotatable bonds is 4. The normalized spacial score (nSPS) is 23.5. The van der Waals surface area contributed by atoms with Gasteiger partial charge in [0.1, 0.15) is 0 Å². The minimum atomic E-state index is -0.512. The highest BCUT2D eigenvalue weighted by molar-refractivity contribution is 6.55. The Bertz CT molecular complexity index is 634. The van der Waals surface area contributed by atoms with Crippen LogP contribution in [0.5, 0.6) is 0 Å². The summed E-state index contributed by atoms with van der Waals surface area (Å²) < 4.78 is 12.1. The van der Waals surface area contributed by atoms with Gasteiger partial charge in [-0.1, -0.05) is 18.2 Å². The molecule has 6 heteroatoms. The maximum absolute atomic E-state index is 9.83. The summed E-state index contributed by atoms with van der Waals surface area (Å²) in [5.41, 5.74) is 2.23. The fourth-order valence-corrected chi connectivity index (χ4v) is 3.24. The van der Waals surface area contributed by atoms with Crippen molar-refractivity contribution in [1.82, 2.24) is 4.90 Å². The van der Waals surface area contributed by atoms with E-state index in [0.29, 0.717) is 0 Å². The first-order valence-electron chi connectivity index (χ1n) is 9.42. The van der Waals surface area contributed by atoms with Crippen molar-refractivity contribution in [2.75, 3.05) is 44.7 Å². The van der Waals surface area contributed by atoms with Gasteiger partial charge in [0.05, 0.1) is 17.8 Å². The number of anilines is 1. The number of likely N-dealkylation sites (N-methyl/N-ethyl adjacent to an activating group) is 1. The van der Waals surface area contributed by atoms with Crippen molar-refractivity contribution in [3.63, 3.8) is 0 Å². The molecule has 1 N–H and O–H groups in total. The molecule has 2 saturated heterocycles. The third-order valence-electron chi connectivity index (χ3n) is 5.85. The Morgan fingerprint density at radius 3 is 2.08 bits per heavy atom. The van der Waals surface area contributed by atoms with Crippen molar-refractivity contribution in [2.24, 2.45) is 0 Å². The molecular formula is C20H31BN2O3. The summed E-state index contributed by atoms with van der Waals surface area (Å²) in [6, 6.07) is 8.48.